The molecule has 1 aromatic heterocycles. The molecular weight excluding hydrogens is 350 g/mol. The predicted octanol–water partition coefficient (Wildman–Crippen LogP) is 2.09. The molecular formula is C16H16ClN3O5. The number of carbonyl (C=O) groups excluding carboxylic acids is 1. The molecule has 2 rings (SSSR count). The normalized spacial score (nSPS) is 11.5. The Morgan fingerprint density at radius 2 is 1.80 bits per heavy atom. The molecule has 0 fully saturated rings. The van der Waals surface area contributed by atoms with Crippen LogP contribution in [0.3, 0.4) is 0 Å². The lowest BCUT2D eigenvalue weighted by Gasteiger charge is -2.18. The quantitative estimate of drug-likeness (QED) is 0.772. The van der Waals surface area contributed by atoms with Crippen molar-refractivity contribution < 1.29 is 24.2 Å². The number of hydrogen-bond donors (Lipinski definition) is 2. The number of rotatable bonds is 7. The molecule has 0 bridgehead atoms. The van der Waals surface area contributed by atoms with Crippen LogP contribution in [0.15, 0.2) is 30.3 Å². The van der Waals surface area contributed by atoms with Crippen LogP contribution in [0.4, 0.5) is 0 Å². The van der Waals surface area contributed by atoms with Gasteiger partial charge in [0.15, 0.2) is 0 Å². The largest absolute Gasteiger partial charge is 0.481 e. The molecule has 132 valence electrons. The van der Waals surface area contributed by atoms with Gasteiger partial charge >= 0.3 is 5.97 Å². The van der Waals surface area contributed by atoms with E-state index in [0.29, 0.717) is 10.6 Å². The minimum absolute atomic E-state index is 0.143. The predicted molar refractivity (Wildman–Crippen MR) is 89.0 cm³/mol. The first-order chi connectivity index (χ1) is 11.9. The molecule has 0 saturated heterocycles. The lowest BCUT2D eigenvalue weighted by molar-refractivity contribution is -0.137. The van der Waals surface area contributed by atoms with Gasteiger partial charge in [-0.1, -0.05) is 29.8 Å². The van der Waals surface area contributed by atoms with Gasteiger partial charge in [-0.2, -0.15) is 9.97 Å². The van der Waals surface area contributed by atoms with Crippen LogP contribution in [0.2, 0.25) is 5.02 Å². The summed E-state index contributed by atoms with van der Waals surface area (Å²) in [5, 5.41) is 12.0. The highest BCUT2D eigenvalue weighted by atomic mass is 35.5. The van der Waals surface area contributed by atoms with Crippen LogP contribution in [0, 0.1) is 0 Å². The standard InChI is InChI=1S/C16H16ClN3O5/c1-24-12-8-13(25-2)20-15(19-12)16(23)18-11(7-14(21)22)9-5-3-4-6-10(9)17/h3-6,8,11H,7H2,1-2H3,(H,18,23)(H,21,22). The number of halogens is 1. The molecule has 1 amide bonds. The number of carbonyl (C=O) groups is 2. The van der Waals surface area contributed by atoms with Gasteiger partial charge in [0, 0.05) is 5.02 Å². The number of carboxylic acids is 1. The van der Waals surface area contributed by atoms with E-state index in [1.807, 2.05) is 0 Å². The van der Waals surface area contributed by atoms with E-state index in [2.05, 4.69) is 15.3 Å². The lowest BCUT2D eigenvalue weighted by atomic mass is 10.0. The molecule has 0 aliphatic carbocycles. The third kappa shape index (κ3) is 4.80. The molecule has 8 nitrogen and oxygen atoms in total. The molecule has 0 aliphatic rings. The summed E-state index contributed by atoms with van der Waals surface area (Å²) in [5.74, 6) is -1.69. The van der Waals surface area contributed by atoms with Crippen molar-refractivity contribution >= 4 is 23.5 Å². The Hall–Kier alpha value is -2.87. The average molecular weight is 366 g/mol. The van der Waals surface area contributed by atoms with Crippen molar-refractivity contribution in [2.24, 2.45) is 0 Å². The number of ether oxygens (including phenoxy) is 2. The van der Waals surface area contributed by atoms with Crippen molar-refractivity contribution in [1.82, 2.24) is 15.3 Å². The van der Waals surface area contributed by atoms with Gasteiger partial charge in [0.05, 0.1) is 32.7 Å². The van der Waals surface area contributed by atoms with Gasteiger partial charge in [-0.15, -0.1) is 0 Å². The molecule has 1 aromatic carbocycles. The number of methoxy groups -OCH3 is 2. The van der Waals surface area contributed by atoms with E-state index < -0.39 is 17.9 Å². The number of nitrogens with zero attached hydrogens (tertiary/aromatic N) is 2. The Bertz CT molecular complexity index is 762. The zero-order valence-corrected chi connectivity index (χ0v) is 14.3. The van der Waals surface area contributed by atoms with E-state index >= 15 is 0 Å². The number of amides is 1. The summed E-state index contributed by atoms with van der Waals surface area (Å²) in [4.78, 5) is 31.5. The van der Waals surface area contributed by atoms with Gasteiger partial charge in [-0.3, -0.25) is 9.59 Å². The van der Waals surface area contributed by atoms with Gasteiger partial charge < -0.3 is 19.9 Å². The summed E-state index contributed by atoms with van der Waals surface area (Å²) in [6.45, 7) is 0. The zero-order valence-electron chi connectivity index (χ0n) is 13.5. The van der Waals surface area contributed by atoms with Crippen LogP contribution in [0.1, 0.15) is 28.6 Å². The molecule has 0 saturated carbocycles. The summed E-state index contributed by atoms with van der Waals surface area (Å²) in [6.07, 6.45) is -0.351. The number of aromatic nitrogens is 2. The molecule has 0 spiro atoms. The molecule has 0 radical (unpaired) electrons. The maximum absolute atomic E-state index is 12.5. The Labute approximate surface area is 148 Å². The first-order valence-electron chi connectivity index (χ1n) is 7.18. The molecule has 2 aromatic rings. The summed E-state index contributed by atoms with van der Waals surface area (Å²) < 4.78 is 9.99. The van der Waals surface area contributed by atoms with Crippen LogP contribution < -0.4 is 14.8 Å². The zero-order chi connectivity index (χ0) is 18.4. The van der Waals surface area contributed by atoms with Crippen molar-refractivity contribution in [3.05, 3.63) is 46.7 Å². The summed E-state index contributed by atoms with van der Waals surface area (Å²) in [5.41, 5.74) is 0.481. The van der Waals surface area contributed by atoms with Gasteiger partial charge in [-0.05, 0) is 11.6 Å². The summed E-state index contributed by atoms with van der Waals surface area (Å²) in [6, 6.07) is 7.24. The molecule has 25 heavy (non-hydrogen) atoms. The minimum atomic E-state index is -1.09. The van der Waals surface area contributed by atoms with Crippen LogP contribution in [-0.2, 0) is 4.79 Å². The summed E-state index contributed by atoms with van der Waals surface area (Å²) >= 11 is 6.11. The maximum Gasteiger partial charge on any atom is 0.305 e. The van der Waals surface area contributed by atoms with Gasteiger partial charge in [0.2, 0.25) is 17.6 Å². The maximum atomic E-state index is 12.5. The highest BCUT2D eigenvalue weighted by molar-refractivity contribution is 6.31. The third-order valence-corrected chi connectivity index (χ3v) is 3.61. The number of nitrogens with one attached hydrogen (secondary N) is 1. The Balaban J connectivity index is 2.31. The van der Waals surface area contributed by atoms with E-state index in [1.165, 1.54) is 20.3 Å². The smallest absolute Gasteiger partial charge is 0.305 e. The SMILES string of the molecule is COc1cc(OC)nc(C(=O)NC(CC(=O)O)c2ccccc2Cl)n1. The van der Waals surface area contributed by atoms with Crippen molar-refractivity contribution in [1.29, 1.82) is 0 Å². The Morgan fingerprint density at radius 3 is 2.32 bits per heavy atom. The fourth-order valence-electron chi connectivity index (χ4n) is 2.11. The molecule has 9 heteroatoms. The van der Waals surface area contributed by atoms with Gasteiger partial charge in [0.25, 0.3) is 5.91 Å². The van der Waals surface area contributed by atoms with Crippen molar-refractivity contribution in [2.45, 2.75) is 12.5 Å². The van der Waals surface area contributed by atoms with Gasteiger partial charge in [-0.25, -0.2) is 0 Å². The van der Waals surface area contributed by atoms with E-state index in [9.17, 15) is 9.59 Å². The van der Waals surface area contributed by atoms with Crippen LogP contribution >= 0.6 is 11.6 Å². The number of carboxylic acid groups (broad SMARTS) is 1. The third-order valence-electron chi connectivity index (χ3n) is 3.27. The highest BCUT2D eigenvalue weighted by Crippen LogP contribution is 2.25. The van der Waals surface area contributed by atoms with Crippen molar-refractivity contribution in [3.8, 4) is 11.8 Å². The lowest BCUT2D eigenvalue weighted by Crippen LogP contribution is -2.31. The Morgan fingerprint density at radius 1 is 1.20 bits per heavy atom. The second kappa shape index (κ2) is 8.29. The first-order valence-corrected chi connectivity index (χ1v) is 7.56. The minimum Gasteiger partial charge on any atom is -0.481 e. The van der Waals surface area contributed by atoms with Crippen LogP contribution in [-0.4, -0.2) is 41.2 Å². The number of benzene rings is 1. The first kappa shape index (κ1) is 18.5. The fourth-order valence-corrected chi connectivity index (χ4v) is 2.38. The van der Waals surface area contributed by atoms with Crippen molar-refractivity contribution in [2.75, 3.05) is 14.2 Å². The topological polar surface area (TPSA) is 111 Å². The van der Waals surface area contributed by atoms with E-state index in [1.54, 1.807) is 24.3 Å². The second-order valence-corrected chi connectivity index (χ2v) is 5.33. The fraction of sp³-hybridized carbons (Fsp3) is 0.250. The molecule has 1 unspecified atom stereocenters. The average Bonchev–Trinajstić information content (AvgIpc) is 2.60. The van der Waals surface area contributed by atoms with Crippen LogP contribution in [0.5, 0.6) is 11.8 Å². The molecule has 2 N–H and O–H groups in total. The van der Waals surface area contributed by atoms with Crippen molar-refractivity contribution in [3.63, 3.8) is 0 Å². The summed E-state index contributed by atoms with van der Waals surface area (Å²) in [7, 11) is 2.78. The van der Waals surface area contributed by atoms with E-state index in [0.717, 1.165) is 0 Å². The molecule has 1 heterocycles. The Kier molecular flexibility index (Phi) is 6.13. The second-order valence-electron chi connectivity index (χ2n) is 4.92. The molecule has 0 aliphatic heterocycles. The number of hydrogen-bond acceptors (Lipinski definition) is 6. The van der Waals surface area contributed by atoms with E-state index in [4.69, 9.17) is 26.2 Å². The monoisotopic (exact) mass is 365 g/mol. The van der Waals surface area contributed by atoms with E-state index in [-0.39, 0.29) is 24.0 Å². The molecule has 1 atom stereocenters. The van der Waals surface area contributed by atoms with Crippen LogP contribution in [0.25, 0.3) is 0 Å². The van der Waals surface area contributed by atoms with Gasteiger partial charge in [0.1, 0.15) is 0 Å². The highest BCUT2D eigenvalue weighted by Gasteiger charge is 2.23. The number of aliphatic carboxylic acids is 1.